The zero-order chi connectivity index (χ0) is 27.6. The molecular weight excluding hydrogens is 507 g/mol. The molecule has 1 aromatic heterocycles. The summed E-state index contributed by atoms with van der Waals surface area (Å²) >= 11 is 0. The lowest BCUT2D eigenvalue weighted by Gasteiger charge is -2.23. The molecule has 0 unspecified atom stereocenters. The van der Waals surface area contributed by atoms with Crippen molar-refractivity contribution in [2.24, 2.45) is 0 Å². The van der Waals surface area contributed by atoms with Crippen molar-refractivity contribution in [2.75, 3.05) is 13.7 Å². The highest BCUT2D eigenvalue weighted by Crippen LogP contribution is 2.46. The van der Waals surface area contributed by atoms with E-state index >= 15 is 0 Å². The second-order valence-corrected chi connectivity index (χ2v) is 9.47. The van der Waals surface area contributed by atoms with E-state index < -0.39 is 17.9 Å². The summed E-state index contributed by atoms with van der Waals surface area (Å²) in [6.45, 7) is 0.116. The summed E-state index contributed by atoms with van der Waals surface area (Å²) < 4.78 is 25.8. The van der Waals surface area contributed by atoms with Gasteiger partial charge in [0, 0.05) is 18.1 Å². The predicted octanol–water partition coefficient (Wildman–Crippen LogP) is 6.39. The van der Waals surface area contributed by atoms with Crippen molar-refractivity contribution in [3.63, 3.8) is 0 Å². The number of methoxy groups -OCH3 is 1. The number of hydrogen-bond donors (Lipinski definition) is 0. The molecule has 1 aliphatic rings. The Hall–Kier alpha value is -5.04. The Kier molecular flexibility index (Phi) is 6.70. The van der Waals surface area contributed by atoms with Gasteiger partial charge in [0.15, 0.2) is 5.75 Å². The second kappa shape index (κ2) is 10.6. The lowest BCUT2D eigenvalue weighted by Crippen LogP contribution is -2.32. The number of ether oxygens (including phenoxy) is 2. The summed E-state index contributed by atoms with van der Waals surface area (Å²) in [5.74, 6) is -0.786. The second-order valence-electron chi connectivity index (χ2n) is 9.47. The molecule has 0 saturated heterocycles. The fraction of sp³-hybridized carbons (Fsp3) is 0.121. The summed E-state index contributed by atoms with van der Waals surface area (Å²) in [5.41, 5.74) is 3.28. The molecule has 0 spiro atoms. The van der Waals surface area contributed by atoms with Crippen molar-refractivity contribution in [1.29, 1.82) is 0 Å². The highest BCUT2D eigenvalue weighted by molar-refractivity contribution is 6.27. The molecule has 6 rings (SSSR count). The first kappa shape index (κ1) is 25.2. The van der Waals surface area contributed by atoms with Crippen molar-refractivity contribution >= 4 is 22.7 Å². The van der Waals surface area contributed by atoms with Crippen molar-refractivity contribution in [2.45, 2.75) is 12.5 Å². The number of hydrogen-bond acceptors (Lipinski definition) is 5. The number of nitrogens with zero attached hydrogens (tertiary/aromatic N) is 2. The van der Waals surface area contributed by atoms with Crippen LogP contribution in [0, 0.1) is 5.82 Å². The minimum absolute atomic E-state index is 0.116. The maximum atomic E-state index is 14.0. The van der Waals surface area contributed by atoms with Crippen LogP contribution in [0.4, 0.5) is 4.39 Å². The number of carbonyl (C=O) groups excluding carboxylic acids is 2. The van der Waals surface area contributed by atoms with Crippen LogP contribution in [0.15, 0.2) is 103 Å². The van der Waals surface area contributed by atoms with Crippen molar-refractivity contribution < 1.29 is 23.5 Å². The zero-order valence-electron chi connectivity index (χ0n) is 21.7. The fourth-order valence-electron chi connectivity index (χ4n) is 5.14. The molecule has 0 aliphatic carbocycles. The molecule has 0 fully saturated rings. The van der Waals surface area contributed by atoms with Gasteiger partial charge in [-0.25, -0.2) is 4.39 Å². The molecule has 0 radical (unpaired) electrons. The Labute approximate surface area is 230 Å². The smallest absolute Gasteiger partial charge is 0.265 e. The molecule has 40 heavy (non-hydrogen) atoms. The third kappa shape index (κ3) is 4.45. The maximum Gasteiger partial charge on any atom is 0.265 e. The summed E-state index contributed by atoms with van der Waals surface area (Å²) in [6.07, 6.45) is 1.43. The summed E-state index contributed by atoms with van der Waals surface area (Å²) in [7, 11) is 1.47. The van der Waals surface area contributed by atoms with Gasteiger partial charge in [0.05, 0.1) is 12.7 Å². The van der Waals surface area contributed by atoms with Crippen LogP contribution < -0.4 is 9.47 Å². The fourth-order valence-corrected chi connectivity index (χ4v) is 5.14. The van der Waals surface area contributed by atoms with E-state index in [9.17, 15) is 14.0 Å². The lowest BCUT2D eigenvalue weighted by atomic mass is 9.99. The van der Waals surface area contributed by atoms with Gasteiger partial charge in [-0.2, -0.15) is 0 Å². The average Bonchev–Trinajstić information content (AvgIpc) is 3.25. The van der Waals surface area contributed by atoms with Crippen LogP contribution in [0.3, 0.4) is 0 Å². The molecule has 1 aliphatic heterocycles. The topological polar surface area (TPSA) is 68.7 Å². The largest absolute Gasteiger partial charge is 0.495 e. The zero-order valence-corrected chi connectivity index (χ0v) is 21.7. The number of benzene rings is 4. The Balaban J connectivity index is 1.48. The molecule has 198 valence electrons. The third-order valence-corrected chi connectivity index (χ3v) is 7.07. The summed E-state index contributed by atoms with van der Waals surface area (Å²) in [4.78, 5) is 33.5. The van der Waals surface area contributed by atoms with Gasteiger partial charge in [0.25, 0.3) is 11.8 Å². The number of aromatic nitrogens is 1. The minimum atomic E-state index is -0.568. The van der Waals surface area contributed by atoms with E-state index in [1.807, 2.05) is 60.7 Å². The van der Waals surface area contributed by atoms with E-state index in [2.05, 4.69) is 4.98 Å². The van der Waals surface area contributed by atoms with Crippen LogP contribution in [0.1, 0.15) is 43.5 Å². The Morgan fingerprint density at radius 3 is 1.98 bits per heavy atom. The van der Waals surface area contributed by atoms with Crippen molar-refractivity contribution in [3.05, 3.63) is 137 Å². The molecule has 2 heterocycles. The van der Waals surface area contributed by atoms with E-state index in [1.54, 1.807) is 30.5 Å². The van der Waals surface area contributed by atoms with Gasteiger partial charge in [-0.3, -0.25) is 19.5 Å². The van der Waals surface area contributed by atoms with Gasteiger partial charge in [0.1, 0.15) is 28.8 Å². The van der Waals surface area contributed by atoms with Crippen molar-refractivity contribution in [3.8, 4) is 11.5 Å². The van der Waals surface area contributed by atoms with Gasteiger partial charge in [0.2, 0.25) is 0 Å². The number of carbonyl (C=O) groups is 2. The highest BCUT2D eigenvalue weighted by atomic mass is 19.1. The van der Waals surface area contributed by atoms with Crippen LogP contribution in [-0.4, -0.2) is 35.4 Å². The van der Waals surface area contributed by atoms with Gasteiger partial charge >= 0.3 is 0 Å². The molecule has 4 aromatic carbocycles. The summed E-state index contributed by atoms with van der Waals surface area (Å²) in [6, 6.07) is 28.9. The molecular formula is C33H25FN2O4. The molecule has 7 heteroatoms. The number of fused-ring (bicyclic) bond motifs is 2. The first-order valence-electron chi connectivity index (χ1n) is 12.9. The Morgan fingerprint density at radius 1 is 0.775 bits per heavy atom. The van der Waals surface area contributed by atoms with Crippen LogP contribution in [0.25, 0.3) is 10.9 Å². The van der Waals surface area contributed by atoms with Crippen LogP contribution in [0.2, 0.25) is 0 Å². The van der Waals surface area contributed by atoms with E-state index in [1.165, 1.54) is 24.1 Å². The molecule has 0 bridgehead atoms. The molecule has 6 nitrogen and oxygen atoms in total. The molecule has 5 aromatic rings. The van der Waals surface area contributed by atoms with Gasteiger partial charge in [-0.05, 0) is 47.4 Å². The minimum Gasteiger partial charge on any atom is -0.495 e. The molecule has 0 N–H and O–H groups in total. The standard InChI is InChI=1S/C33H25FN2O4/c1-39-30-25-13-8-19-35-28(25)31(40-29(22-9-4-2-5-10-22)23-11-6-3-7-12-23)27-26(30)32(37)36(33(27)38)20-18-21-14-16-24(34)17-15-21/h2-17,19,29H,18,20H2,1H3. The average molecular weight is 533 g/mol. The normalized spacial score (nSPS) is 12.7. The Morgan fingerprint density at radius 2 is 1.38 bits per heavy atom. The number of imide groups is 1. The quantitative estimate of drug-likeness (QED) is 0.217. The van der Waals surface area contributed by atoms with Crippen LogP contribution in [-0.2, 0) is 6.42 Å². The number of halogens is 1. The van der Waals surface area contributed by atoms with E-state index in [0.717, 1.165) is 16.7 Å². The summed E-state index contributed by atoms with van der Waals surface area (Å²) in [5, 5.41) is 0.570. The van der Waals surface area contributed by atoms with E-state index in [0.29, 0.717) is 17.3 Å². The number of amides is 2. The van der Waals surface area contributed by atoms with Crippen molar-refractivity contribution in [1.82, 2.24) is 9.88 Å². The first-order chi connectivity index (χ1) is 19.6. The number of rotatable bonds is 8. The lowest BCUT2D eigenvalue weighted by molar-refractivity contribution is 0.0653. The molecule has 2 amide bonds. The van der Waals surface area contributed by atoms with E-state index in [4.69, 9.17) is 9.47 Å². The van der Waals surface area contributed by atoms with Gasteiger partial charge in [-0.1, -0.05) is 72.8 Å². The SMILES string of the molecule is COc1c2c(c(OC(c3ccccc3)c3ccccc3)c3ncccc13)C(=O)N(CCc1ccc(F)cc1)C2=O. The molecule has 0 saturated carbocycles. The van der Waals surface area contributed by atoms with Gasteiger partial charge < -0.3 is 9.47 Å². The van der Waals surface area contributed by atoms with Gasteiger partial charge in [-0.15, -0.1) is 0 Å². The molecule has 0 atom stereocenters. The third-order valence-electron chi connectivity index (χ3n) is 7.07. The maximum absolute atomic E-state index is 14.0. The highest BCUT2D eigenvalue weighted by Gasteiger charge is 2.43. The number of pyridine rings is 1. The monoisotopic (exact) mass is 532 g/mol. The van der Waals surface area contributed by atoms with E-state index in [-0.39, 0.29) is 35.0 Å². The Bertz CT molecular complexity index is 1670. The first-order valence-corrected chi connectivity index (χ1v) is 12.9. The van der Waals surface area contributed by atoms with Crippen LogP contribution >= 0.6 is 0 Å². The van der Waals surface area contributed by atoms with Crippen LogP contribution in [0.5, 0.6) is 11.5 Å². The predicted molar refractivity (Wildman–Crippen MR) is 149 cm³/mol.